The summed E-state index contributed by atoms with van der Waals surface area (Å²) in [6.45, 7) is 6.93. The van der Waals surface area contributed by atoms with E-state index in [1.54, 1.807) is 22.7 Å². The number of rotatable bonds is 7. The minimum Gasteiger partial charge on any atom is -0.419 e. The maximum atomic E-state index is 5.93. The molecule has 0 unspecified atom stereocenters. The monoisotopic (exact) mass is 409 g/mol. The molecule has 0 radical (unpaired) electrons. The summed E-state index contributed by atoms with van der Waals surface area (Å²) >= 11 is 3.48. The number of nitrogens with zero attached hydrogens (tertiary/aromatic N) is 2. The van der Waals surface area contributed by atoms with Gasteiger partial charge in [0.15, 0.2) is 0 Å². The van der Waals surface area contributed by atoms with Gasteiger partial charge in [-0.2, -0.15) is 0 Å². The van der Waals surface area contributed by atoms with E-state index in [2.05, 4.69) is 84.1 Å². The summed E-state index contributed by atoms with van der Waals surface area (Å²) in [6, 6.07) is 15.1. The largest absolute Gasteiger partial charge is 0.419 e. The van der Waals surface area contributed by atoms with Gasteiger partial charge in [-0.15, -0.1) is 32.9 Å². The van der Waals surface area contributed by atoms with Gasteiger partial charge in [0.25, 0.3) is 5.89 Å². The Bertz CT molecular complexity index is 1030. The van der Waals surface area contributed by atoms with E-state index in [0.717, 1.165) is 11.3 Å². The van der Waals surface area contributed by atoms with Gasteiger partial charge in [-0.25, -0.2) is 0 Å². The molecule has 3 aromatic heterocycles. The van der Waals surface area contributed by atoms with Gasteiger partial charge in [0.05, 0.1) is 17.5 Å². The van der Waals surface area contributed by atoms with Crippen molar-refractivity contribution in [2.45, 2.75) is 39.8 Å². The van der Waals surface area contributed by atoms with E-state index in [-0.39, 0.29) is 6.04 Å². The molecule has 4 aromatic rings. The van der Waals surface area contributed by atoms with E-state index in [9.17, 15) is 0 Å². The van der Waals surface area contributed by atoms with E-state index in [1.165, 1.54) is 26.4 Å². The highest BCUT2D eigenvalue weighted by atomic mass is 32.1. The highest BCUT2D eigenvalue weighted by molar-refractivity contribution is 7.15. The zero-order chi connectivity index (χ0) is 19.5. The van der Waals surface area contributed by atoms with Crippen LogP contribution in [0.3, 0.4) is 0 Å². The fourth-order valence-electron chi connectivity index (χ4n) is 3.19. The van der Waals surface area contributed by atoms with Crippen molar-refractivity contribution in [2.24, 2.45) is 0 Å². The predicted octanol–water partition coefficient (Wildman–Crippen LogP) is 5.92. The van der Waals surface area contributed by atoms with Crippen molar-refractivity contribution in [3.05, 3.63) is 80.2 Å². The van der Waals surface area contributed by atoms with Crippen molar-refractivity contribution in [1.29, 1.82) is 0 Å². The van der Waals surface area contributed by atoms with Crippen LogP contribution in [-0.2, 0) is 13.0 Å². The Balaban J connectivity index is 1.51. The summed E-state index contributed by atoms with van der Waals surface area (Å²) in [7, 11) is 0. The van der Waals surface area contributed by atoms with E-state index in [4.69, 9.17) is 4.42 Å². The van der Waals surface area contributed by atoms with E-state index >= 15 is 0 Å². The molecule has 0 spiro atoms. The van der Waals surface area contributed by atoms with Crippen LogP contribution in [0.2, 0.25) is 0 Å². The smallest absolute Gasteiger partial charge is 0.257 e. The van der Waals surface area contributed by atoms with Crippen molar-refractivity contribution < 1.29 is 4.42 Å². The van der Waals surface area contributed by atoms with E-state index < -0.39 is 0 Å². The molecular weight excluding hydrogens is 386 g/mol. The average molecular weight is 410 g/mol. The molecule has 0 aliphatic rings. The summed E-state index contributed by atoms with van der Waals surface area (Å²) in [5.41, 5.74) is 3.78. The van der Waals surface area contributed by atoms with Gasteiger partial charge in [-0.3, -0.25) is 5.32 Å². The Morgan fingerprint density at radius 2 is 1.93 bits per heavy atom. The van der Waals surface area contributed by atoms with Crippen LogP contribution in [0.25, 0.3) is 10.8 Å². The molecule has 1 aromatic carbocycles. The lowest BCUT2D eigenvalue weighted by Crippen LogP contribution is -2.21. The second-order valence-electron chi connectivity index (χ2n) is 6.81. The molecule has 0 saturated heterocycles. The van der Waals surface area contributed by atoms with Crippen molar-refractivity contribution in [2.75, 3.05) is 0 Å². The highest BCUT2D eigenvalue weighted by Crippen LogP contribution is 2.31. The summed E-state index contributed by atoms with van der Waals surface area (Å²) in [5, 5.41) is 14.2. The highest BCUT2D eigenvalue weighted by Gasteiger charge is 2.17. The van der Waals surface area contributed by atoms with Gasteiger partial charge in [0.1, 0.15) is 0 Å². The number of hydrogen-bond acceptors (Lipinski definition) is 6. The van der Waals surface area contributed by atoms with Gasteiger partial charge >= 0.3 is 0 Å². The summed E-state index contributed by atoms with van der Waals surface area (Å²) < 4.78 is 5.93. The van der Waals surface area contributed by atoms with Gasteiger partial charge in [-0.05, 0) is 48.9 Å². The van der Waals surface area contributed by atoms with Crippen LogP contribution in [-0.4, -0.2) is 10.2 Å². The van der Waals surface area contributed by atoms with Gasteiger partial charge < -0.3 is 4.42 Å². The lowest BCUT2D eigenvalue weighted by atomic mass is 10.0. The first-order valence-corrected chi connectivity index (χ1v) is 11.1. The Hall–Kier alpha value is -2.28. The average Bonchev–Trinajstić information content (AvgIpc) is 3.44. The molecule has 144 valence electrons. The molecule has 0 fully saturated rings. The Morgan fingerprint density at radius 3 is 2.61 bits per heavy atom. The maximum absolute atomic E-state index is 5.93. The number of thiophene rings is 2. The second-order valence-corrected chi connectivity index (χ2v) is 8.93. The molecule has 1 N–H and O–H groups in total. The lowest BCUT2D eigenvalue weighted by Gasteiger charge is -2.17. The molecule has 1 atom stereocenters. The topological polar surface area (TPSA) is 51.0 Å². The van der Waals surface area contributed by atoms with Gasteiger partial charge in [0.2, 0.25) is 5.89 Å². The molecule has 4 rings (SSSR count). The molecule has 6 heteroatoms. The van der Waals surface area contributed by atoms with Crippen LogP contribution in [0.1, 0.15) is 45.3 Å². The van der Waals surface area contributed by atoms with Crippen molar-refractivity contribution in [1.82, 2.24) is 15.5 Å². The summed E-state index contributed by atoms with van der Waals surface area (Å²) in [6.07, 6.45) is 1.03. The number of hydrogen-bond donors (Lipinski definition) is 1. The summed E-state index contributed by atoms with van der Waals surface area (Å²) in [4.78, 5) is 3.68. The van der Waals surface area contributed by atoms with E-state index in [0.29, 0.717) is 18.3 Å². The Labute approximate surface area is 173 Å². The van der Waals surface area contributed by atoms with Crippen LogP contribution >= 0.6 is 22.7 Å². The third-order valence-electron chi connectivity index (χ3n) is 4.72. The van der Waals surface area contributed by atoms with E-state index in [1.807, 2.05) is 0 Å². The molecule has 0 saturated carbocycles. The van der Waals surface area contributed by atoms with Crippen LogP contribution in [0.5, 0.6) is 0 Å². The third kappa shape index (κ3) is 4.09. The second kappa shape index (κ2) is 8.39. The van der Waals surface area contributed by atoms with Crippen LogP contribution in [0, 0.1) is 13.8 Å². The summed E-state index contributed by atoms with van der Waals surface area (Å²) in [5.74, 6) is 1.21. The molecule has 28 heavy (non-hydrogen) atoms. The Morgan fingerprint density at radius 1 is 1.11 bits per heavy atom. The molecule has 3 heterocycles. The fourth-order valence-corrected chi connectivity index (χ4v) is 5.05. The van der Waals surface area contributed by atoms with Crippen LogP contribution in [0.15, 0.2) is 52.3 Å². The molecule has 0 amide bonds. The SMILES string of the molecule is CCc1sc(-c2nnc(CN[C@H](c3ccc(C)cc3)c3cccs3)o2)cc1C. The first kappa shape index (κ1) is 19.1. The number of aryl methyl sites for hydroxylation is 3. The lowest BCUT2D eigenvalue weighted by molar-refractivity contribution is 0.464. The first-order valence-electron chi connectivity index (χ1n) is 9.39. The van der Waals surface area contributed by atoms with Crippen molar-refractivity contribution >= 4 is 22.7 Å². The maximum Gasteiger partial charge on any atom is 0.257 e. The normalized spacial score (nSPS) is 12.4. The zero-order valence-corrected chi connectivity index (χ0v) is 17.9. The van der Waals surface area contributed by atoms with Crippen molar-refractivity contribution in [3.8, 4) is 10.8 Å². The van der Waals surface area contributed by atoms with Crippen LogP contribution in [0.4, 0.5) is 0 Å². The fraction of sp³-hybridized carbons (Fsp3) is 0.273. The predicted molar refractivity (Wildman–Crippen MR) is 116 cm³/mol. The number of nitrogens with one attached hydrogen (secondary N) is 1. The first-order chi connectivity index (χ1) is 13.6. The van der Waals surface area contributed by atoms with Crippen LogP contribution < -0.4 is 5.32 Å². The Kier molecular flexibility index (Phi) is 5.71. The minimum absolute atomic E-state index is 0.103. The van der Waals surface area contributed by atoms with Crippen molar-refractivity contribution in [3.63, 3.8) is 0 Å². The van der Waals surface area contributed by atoms with Gasteiger partial charge in [0, 0.05) is 9.75 Å². The molecule has 0 aliphatic carbocycles. The minimum atomic E-state index is 0.103. The molecule has 0 bridgehead atoms. The standard InChI is InChI=1S/C22H23N3OS2/c1-4-17-15(3)12-19(28-17)22-25-24-20(26-22)13-23-21(18-6-5-11-27-18)16-9-7-14(2)8-10-16/h5-12,21,23H,4,13H2,1-3H3/t21-/m1/s1. The molecule has 0 aliphatic heterocycles. The number of benzene rings is 1. The zero-order valence-electron chi connectivity index (χ0n) is 16.2. The molecular formula is C22H23N3OS2. The number of aromatic nitrogens is 2. The third-order valence-corrected chi connectivity index (χ3v) is 7.02. The molecule has 4 nitrogen and oxygen atoms in total. The quantitative estimate of drug-likeness (QED) is 0.412. The van der Waals surface area contributed by atoms with Gasteiger partial charge in [-0.1, -0.05) is 42.8 Å².